The van der Waals surface area contributed by atoms with Crippen molar-refractivity contribution >= 4 is 17.5 Å². The molecule has 1 aromatic heterocycles. The van der Waals surface area contributed by atoms with Gasteiger partial charge in [0.2, 0.25) is 0 Å². The predicted molar refractivity (Wildman–Crippen MR) is 59.5 cm³/mol. The number of nitrogens with one attached hydrogen (secondary N) is 1. The van der Waals surface area contributed by atoms with Gasteiger partial charge < -0.3 is 14.6 Å². The van der Waals surface area contributed by atoms with Crippen LogP contribution in [0.4, 0.5) is 0 Å². The van der Waals surface area contributed by atoms with Crippen LogP contribution < -0.4 is 5.32 Å². The molecule has 0 aliphatic carbocycles. The highest BCUT2D eigenvalue weighted by Gasteiger charge is 2.13. The molecule has 16 heavy (non-hydrogen) atoms. The number of methoxy groups -OCH3 is 1. The van der Waals surface area contributed by atoms with Crippen LogP contribution in [0.15, 0.2) is 10.6 Å². The maximum absolute atomic E-state index is 11.5. The van der Waals surface area contributed by atoms with E-state index in [-0.39, 0.29) is 17.0 Å². The molecule has 6 heteroatoms. The summed E-state index contributed by atoms with van der Waals surface area (Å²) in [4.78, 5) is 11.5. The van der Waals surface area contributed by atoms with Crippen molar-refractivity contribution in [3.05, 3.63) is 17.5 Å². The van der Waals surface area contributed by atoms with Gasteiger partial charge in [0.05, 0.1) is 5.38 Å². The fraction of sp³-hybridized carbons (Fsp3) is 0.600. The van der Waals surface area contributed by atoms with E-state index in [1.54, 1.807) is 13.2 Å². The second kappa shape index (κ2) is 6.50. The van der Waals surface area contributed by atoms with Gasteiger partial charge in [-0.3, -0.25) is 4.79 Å². The third-order valence-electron chi connectivity index (χ3n) is 2.01. The van der Waals surface area contributed by atoms with Crippen molar-refractivity contribution < 1.29 is 14.1 Å². The fourth-order valence-electron chi connectivity index (χ4n) is 1.07. The number of amides is 1. The van der Waals surface area contributed by atoms with Crippen LogP contribution in [0.1, 0.15) is 29.6 Å². The van der Waals surface area contributed by atoms with Crippen molar-refractivity contribution in [2.45, 2.75) is 25.3 Å². The molecule has 1 N–H and O–H groups in total. The van der Waals surface area contributed by atoms with E-state index in [2.05, 4.69) is 10.5 Å². The summed E-state index contributed by atoms with van der Waals surface area (Å²) in [6.07, 6.45) is 0.801. The lowest BCUT2D eigenvalue weighted by Gasteiger charge is -2.06. The van der Waals surface area contributed by atoms with Gasteiger partial charge in [-0.05, 0) is 6.42 Å². The van der Waals surface area contributed by atoms with Crippen LogP contribution in [0, 0.1) is 0 Å². The Bertz CT molecular complexity index is 341. The van der Waals surface area contributed by atoms with E-state index in [1.165, 1.54) is 0 Å². The summed E-state index contributed by atoms with van der Waals surface area (Å²) in [5, 5.41) is 6.24. The maximum atomic E-state index is 11.5. The van der Waals surface area contributed by atoms with Crippen molar-refractivity contribution in [2.75, 3.05) is 13.7 Å². The van der Waals surface area contributed by atoms with Crippen LogP contribution in [0.3, 0.4) is 0 Å². The molecule has 0 radical (unpaired) electrons. The largest absolute Gasteiger partial charge is 0.377 e. The topological polar surface area (TPSA) is 64.4 Å². The summed E-state index contributed by atoms with van der Waals surface area (Å²) in [6, 6.07) is 1.55. The number of carbonyl (C=O) groups excluding carboxylic acids is 1. The molecule has 1 amide bonds. The van der Waals surface area contributed by atoms with E-state index in [4.69, 9.17) is 20.9 Å². The number of rotatable bonds is 6. The van der Waals surface area contributed by atoms with E-state index < -0.39 is 0 Å². The lowest BCUT2D eigenvalue weighted by molar-refractivity contribution is 0.0943. The van der Waals surface area contributed by atoms with Gasteiger partial charge in [-0.1, -0.05) is 12.1 Å². The van der Waals surface area contributed by atoms with E-state index in [1.807, 2.05) is 6.92 Å². The summed E-state index contributed by atoms with van der Waals surface area (Å²) in [6.45, 7) is 2.67. The highest BCUT2D eigenvalue weighted by atomic mass is 35.5. The first-order valence-corrected chi connectivity index (χ1v) is 5.47. The van der Waals surface area contributed by atoms with Crippen LogP contribution in [-0.2, 0) is 11.3 Å². The van der Waals surface area contributed by atoms with E-state index in [9.17, 15) is 4.79 Å². The summed E-state index contributed by atoms with van der Waals surface area (Å²) in [5.41, 5.74) is 0.243. The van der Waals surface area contributed by atoms with Crippen LogP contribution in [0.5, 0.6) is 0 Å². The second-order valence-corrected chi connectivity index (χ2v) is 3.94. The molecule has 1 aromatic rings. The zero-order valence-corrected chi connectivity index (χ0v) is 10.1. The zero-order chi connectivity index (χ0) is 12.0. The van der Waals surface area contributed by atoms with Gasteiger partial charge in [0.1, 0.15) is 6.61 Å². The molecule has 0 saturated carbocycles. The molecule has 0 fully saturated rings. The smallest absolute Gasteiger partial charge is 0.273 e. The van der Waals surface area contributed by atoms with E-state index >= 15 is 0 Å². The second-order valence-electron chi connectivity index (χ2n) is 3.33. The Morgan fingerprint density at radius 1 is 1.75 bits per heavy atom. The number of alkyl halides is 1. The van der Waals surface area contributed by atoms with Gasteiger partial charge in [0, 0.05) is 19.7 Å². The molecule has 1 heterocycles. The minimum Gasteiger partial charge on any atom is -0.377 e. The maximum Gasteiger partial charge on any atom is 0.273 e. The normalized spacial score (nSPS) is 12.4. The molecule has 0 aromatic carbocycles. The summed E-state index contributed by atoms with van der Waals surface area (Å²) in [5.74, 6) is 0.232. The SMILES string of the molecule is CCC(Cl)CNC(=O)c1cc(COC)on1. The molecule has 90 valence electrons. The Labute approximate surface area is 99.1 Å². The number of carbonyl (C=O) groups is 1. The highest BCUT2D eigenvalue weighted by Crippen LogP contribution is 2.05. The molecule has 0 saturated heterocycles. The molecule has 0 spiro atoms. The number of hydrogen-bond donors (Lipinski definition) is 1. The predicted octanol–water partition coefficient (Wildman–Crippen LogP) is 1.57. The number of nitrogens with zero attached hydrogens (tertiary/aromatic N) is 1. The lowest BCUT2D eigenvalue weighted by atomic mass is 10.3. The molecule has 1 unspecified atom stereocenters. The van der Waals surface area contributed by atoms with Crippen LogP contribution in [0.25, 0.3) is 0 Å². The summed E-state index contributed by atoms with van der Waals surface area (Å²) in [7, 11) is 1.54. The Kier molecular flexibility index (Phi) is 5.28. The first kappa shape index (κ1) is 13.0. The summed E-state index contributed by atoms with van der Waals surface area (Å²) >= 11 is 5.87. The Morgan fingerprint density at radius 2 is 2.50 bits per heavy atom. The summed E-state index contributed by atoms with van der Waals surface area (Å²) < 4.78 is 9.74. The van der Waals surface area contributed by atoms with Gasteiger partial charge in [0.25, 0.3) is 5.91 Å². The van der Waals surface area contributed by atoms with Gasteiger partial charge in [-0.2, -0.15) is 0 Å². The number of hydrogen-bond acceptors (Lipinski definition) is 4. The van der Waals surface area contributed by atoms with Crippen molar-refractivity contribution in [3.63, 3.8) is 0 Å². The van der Waals surface area contributed by atoms with Crippen molar-refractivity contribution in [3.8, 4) is 0 Å². The minimum atomic E-state index is -0.287. The van der Waals surface area contributed by atoms with Crippen molar-refractivity contribution in [1.82, 2.24) is 10.5 Å². The first-order chi connectivity index (χ1) is 7.67. The van der Waals surface area contributed by atoms with Crippen LogP contribution in [-0.4, -0.2) is 30.1 Å². The molecular formula is C10H15ClN2O3. The number of halogens is 1. The zero-order valence-electron chi connectivity index (χ0n) is 9.33. The molecule has 0 aliphatic rings. The van der Waals surface area contributed by atoms with Crippen LogP contribution >= 0.6 is 11.6 Å². The average Bonchev–Trinajstić information content (AvgIpc) is 2.74. The van der Waals surface area contributed by atoms with Gasteiger partial charge >= 0.3 is 0 Å². The third-order valence-corrected chi connectivity index (χ3v) is 2.47. The Hall–Kier alpha value is -1.07. The van der Waals surface area contributed by atoms with Gasteiger partial charge in [-0.15, -0.1) is 11.6 Å². The highest BCUT2D eigenvalue weighted by molar-refractivity contribution is 6.20. The van der Waals surface area contributed by atoms with Crippen molar-refractivity contribution in [1.29, 1.82) is 0 Å². The van der Waals surface area contributed by atoms with E-state index in [0.717, 1.165) is 6.42 Å². The van der Waals surface area contributed by atoms with E-state index in [0.29, 0.717) is 18.9 Å². The van der Waals surface area contributed by atoms with Crippen molar-refractivity contribution in [2.24, 2.45) is 0 Å². The Morgan fingerprint density at radius 3 is 3.12 bits per heavy atom. The number of aromatic nitrogens is 1. The number of ether oxygens (including phenoxy) is 1. The van der Waals surface area contributed by atoms with Crippen LogP contribution in [0.2, 0.25) is 0 Å². The lowest BCUT2D eigenvalue weighted by Crippen LogP contribution is -2.29. The van der Waals surface area contributed by atoms with Gasteiger partial charge in [-0.25, -0.2) is 0 Å². The molecule has 5 nitrogen and oxygen atoms in total. The Balaban J connectivity index is 2.46. The minimum absolute atomic E-state index is 0.0608. The standard InChI is InChI=1S/C10H15ClN2O3/c1-3-7(11)5-12-10(14)9-4-8(6-15-2)16-13-9/h4,7H,3,5-6H2,1-2H3,(H,12,14). The molecule has 1 atom stereocenters. The molecule has 0 bridgehead atoms. The molecule has 1 rings (SSSR count). The molecule has 0 aliphatic heterocycles. The monoisotopic (exact) mass is 246 g/mol. The average molecular weight is 247 g/mol. The molecular weight excluding hydrogens is 232 g/mol. The first-order valence-electron chi connectivity index (χ1n) is 5.04. The quantitative estimate of drug-likeness (QED) is 0.774. The third kappa shape index (κ3) is 3.83. The van der Waals surface area contributed by atoms with Gasteiger partial charge in [0.15, 0.2) is 11.5 Å². The fourth-order valence-corrected chi connectivity index (χ4v) is 1.15.